The summed E-state index contributed by atoms with van der Waals surface area (Å²) in [5.41, 5.74) is 12.5. The number of furan rings is 2. The third-order valence-corrected chi connectivity index (χ3v) is 14.1. The zero-order valence-corrected chi connectivity index (χ0v) is 37.0. The maximum Gasteiger partial charge on any atom is 0.261 e. The molecule has 0 unspecified atom stereocenters. The lowest BCUT2D eigenvalue weighted by atomic mass is 9.35. The van der Waals surface area contributed by atoms with Gasteiger partial charge >= 0.3 is 0 Å². The van der Waals surface area contributed by atoms with Gasteiger partial charge in [-0.25, -0.2) is 0 Å². The van der Waals surface area contributed by atoms with Crippen molar-refractivity contribution in [1.29, 1.82) is 0 Å². The molecule has 69 heavy (non-hydrogen) atoms. The molecule has 15 rings (SSSR count). The Hall–Kier alpha value is -9.20. The summed E-state index contributed by atoms with van der Waals surface area (Å²) >= 11 is 0. The molecule has 0 N–H and O–H groups in total. The Labute approximate surface area is 396 Å². The summed E-state index contributed by atoms with van der Waals surface area (Å²) in [5.74, 6) is 3.13. The van der Waals surface area contributed by atoms with Gasteiger partial charge in [-0.2, -0.15) is 0 Å². The van der Waals surface area contributed by atoms with Gasteiger partial charge < -0.3 is 28.1 Å². The average molecular weight is 885 g/mol. The summed E-state index contributed by atoms with van der Waals surface area (Å²) < 4.78 is 27.8. The van der Waals surface area contributed by atoms with Crippen LogP contribution >= 0.6 is 0 Å². The van der Waals surface area contributed by atoms with Gasteiger partial charge in [0.05, 0.1) is 11.4 Å². The second-order valence-electron chi connectivity index (χ2n) is 17.9. The Bertz CT molecular complexity index is 3860. The smallest absolute Gasteiger partial charge is 0.261 e. The lowest BCUT2D eigenvalue weighted by molar-refractivity contribution is 0.465. The molecule has 2 aliphatic rings. The van der Waals surface area contributed by atoms with E-state index in [0.29, 0.717) is 0 Å². The van der Waals surface area contributed by atoms with Gasteiger partial charge in [0.2, 0.25) is 0 Å². The van der Waals surface area contributed by atoms with Gasteiger partial charge in [-0.3, -0.25) is 0 Å². The van der Waals surface area contributed by atoms with E-state index in [-0.39, 0.29) is 6.71 Å². The molecule has 7 heteroatoms. The zero-order chi connectivity index (χ0) is 45.2. The van der Waals surface area contributed by atoms with Gasteiger partial charge in [-0.15, -0.1) is 0 Å². The quantitative estimate of drug-likeness (QED) is 0.155. The van der Waals surface area contributed by atoms with Gasteiger partial charge in [0.1, 0.15) is 45.3 Å². The van der Waals surface area contributed by atoms with Crippen molar-refractivity contribution < 1.29 is 18.3 Å². The largest absolute Gasteiger partial charge is 0.458 e. The maximum atomic E-state index is 7.02. The van der Waals surface area contributed by atoms with E-state index < -0.39 is 0 Å². The molecule has 13 aromatic rings. The van der Waals surface area contributed by atoms with Crippen LogP contribution in [0.15, 0.2) is 233 Å². The van der Waals surface area contributed by atoms with Crippen molar-refractivity contribution in [3.8, 4) is 23.0 Å². The minimum atomic E-state index is -0.211. The van der Waals surface area contributed by atoms with E-state index in [2.05, 4.69) is 216 Å². The topological polar surface area (TPSA) is 51.2 Å². The van der Waals surface area contributed by atoms with Crippen LogP contribution in [-0.2, 0) is 0 Å². The monoisotopic (exact) mass is 884 g/mol. The van der Waals surface area contributed by atoms with Crippen molar-refractivity contribution in [1.82, 2.24) is 0 Å². The van der Waals surface area contributed by atoms with Gasteiger partial charge in [0, 0.05) is 72.7 Å². The van der Waals surface area contributed by atoms with Gasteiger partial charge in [-0.05, 0) is 107 Å². The molecule has 0 aliphatic carbocycles. The third-order valence-electron chi connectivity index (χ3n) is 14.1. The van der Waals surface area contributed by atoms with E-state index in [1.165, 1.54) is 0 Å². The highest BCUT2D eigenvalue weighted by Crippen LogP contribution is 2.48. The molecule has 11 aromatic carbocycles. The molecular weight excluding hydrogens is 848 g/mol. The predicted molar refractivity (Wildman–Crippen MR) is 283 cm³/mol. The number of nitrogens with zero attached hydrogens (tertiary/aromatic N) is 2. The SMILES string of the molecule is c1ccc(N(c2ccccc2)c2cc3oc4cc5c(cc4c3c3ccccc23)Oc2cccc3c2B5c2cc4oc5cc(N(c6ccccc6)c6ccccc6)c6ccccc6c5c4cc2O3)cc1. The number of benzene rings is 11. The number of para-hydroxylation sites is 4. The molecule has 6 nitrogen and oxygen atoms in total. The maximum absolute atomic E-state index is 7.02. The summed E-state index contributed by atoms with van der Waals surface area (Å²) in [7, 11) is 0. The Balaban J connectivity index is 0.931. The lowest BCUT2D eigenvalue weighted by Crippen LogP contribution is -2.57. The van der Waals surface area contributed by atoms with E-state index in [4.69, 9.17) is 18.3 Å². The minimum absolute atomic E-state index is 0.211. The van der Waals surface area contributed by atoms with Crippen molar-refractivity contribution in [3.63, 3.8) is 0 Å². The standard InChI is InChI=1S/C62H37BN2O4/c1-5-18-38(19-6-1)64(39-20-7-2-8-21-39)50-36-58-60(44-28-15-13-26-42(44)50)46-32-56-48(34-54(46)68-58)63-49-35-55-47(33-57(49)67-53-31-17-30-52(66-56)62(53)63)61-45-29-16-14-27-43(45)51(37-59(61)69-55)65(40-22-9-3-10-23-40)41-24-11-4-12-25-41/h1-37H. The zero-order valence-electron chi connectivity index (χ0n) is 37.0. The van der Waals surface area contributed by atoms with E-state index in [0.717, 1.165) is 139 Å². The Morgan fingerprint density at radius 1 is 0.290 bits per heavy atom. The molecule has 0 bridgehead atoms. The Morgan fingerprint density at radius 3 is 1.04 bits per heavy atom. The molecule has 322 valence electrons. The molecule has 0 saturated carbocycles. The molecule has 0 radical (unpaired) electrons. The summed E-state index contributed by atoms with van der Waals surface area (Å²) in [6, 6.07) is 78.6. The molecule has 4 heterocycles. The minimum Gasteiger partial charge on any atom is -0.458 e. The van der Waals surface area contributed by atoms with Gasteiger partial charge in [-0.1, -0.05) is 127 Å². The number of fused-ring (bicyclic) bond motifs is 14. The van der Waals surface area contributed by atoms with Crippen LogP contribution in [0.2, 0.25) is 0 Å². The first kappa shape index (κ1) is 38.0. The van der Waals surface area contributed by atoms with Crippen LogP contribution in [0.25, 0.3) is 65.4 Å². The van der Waals surface area contributed by atoms with E-state index in [1.54, 1.807) is 0 Å². The lowest BCUT2D eigenvalue weighted by Gasteiger charge is -2.32. The van der Waals surface area contributed by atoms with Crippen LogP contribution in [0.5, 0.6) is 23.0 Å². The Kier molecular flexibility index (Phi) is 8.06. The number of ether oxygens (including phenoxy) is 2. The number of hydrogen-bond donors (Lipinski definition) is 0. The fourth-order valence-electron chi connectivity index (χ4n) is 11.2. The molecule has 2 aromatic heterocycles. The van der Waals surface area contributed by atoms with E-state index in [1.807, 2.05) is 18.2 Å². The van der Waals surface area contributed by atoms with Crippen LogP contribution in [0.4, 0.5) is 34.1 Å². The Morgan fingerprint density at radius 2 is 0.652 bits per heavy atom. The fraction of sp³-hybridized carbons (Fsp3) is 0. The van der Waals surface area contributed by atoms with Crippen molar-refractivity contribution in [3.05, 3.63) is 224 Å². The highest BCUT2D eigenvalue weighted by atomic mass is 16.5. The highest BCUT2D eigenvalue weighted by molar-refractivity contribution is 6.98. The first-order valence-corrected chi connectivity index (χ1v) is 23.3. The summed E-state index contributed by atoms with van der Waals surface area (Å²) in [6.07, 6.45) is 0. The predicted octanol–water partition coefficient (Wildman–Crippen LogP) is 15.5. The van der Waals surface area contributed by atoms with E-state index in [9.17, 15) is 0 Å². The van der Waals surface area contributed by atoms with Crippen LogP contribution in [-0.4, -0.2) is 6.71 Å². The molecule has 0 fully saturated rings. The third kappa shape index (κ3) is 5.68. The van der Waals surface area contributed by atoms with Crippen LogP contribution in [0, 0.1) is 0 Å². The summed E-state index contributed by atoms with van der Waals surface area (Å²) in [5, 5.41) is 8.56. The van der Waals surface area contributed by atoms with E-state index >= 15 is 0 Å². The first-order chi connectivity index (χ1) is 34.2. The van der Waals surface area contributed by atoms with Gasteiger partial charge in [0.25, 0.3) is 6.71 Å². The highest BCUT2D eigenvalue weighted by Gasteiger charge is 2.41. The summed E-state index contributed by atoms with van der Waals surface area (Å²) in [4.78, 5) is 4.62. The first-order valence-electron chi connectivity index (χ1n) is 23.3. The second-order valence-corrected chi connectivity index (χ2v) is 17.9. The van der Waals surface area contributed by atoms with Crippen LogP contribution in [0.1, 0.15) is 0 Å². The molecular formula is C62H37BN2O4. The summed E-state index contributed by atoms with van der Waals surface area (Å²) in [6.45, 7) is -0.211. The van der Waals surface area contributed by atoms with Crippen molar-refractivity contribution >= 4 is 123 Å². The van der Waals surface area contributed by atoms with Crippen molar-refractivity contribution in [2.75, 3.05) is 9.80 Å². The normalized spacial score (nSPS) is 12.6. The number of anilines is 6. The second kappa shape index (κ2) is 14.7. The molecule has 2 aliphatic heterocycles. The average Bonchev–Trinajstić information content (AvgIpc) is 3.96. The van der Waals surface area contributed by atoms with Crippen LogP contribution < -0.4 is 35.7 Å². The molecule has 0 atom stereocenters. The molecule has 0 spiro atoms. The molecule has 0 amide bonds. The number of hydrogen-bond acceptors (Lipinski definition) is 6. The van der Waals surface area contributed by atoms with Crippen molar-refractivity contribution in [2.45, 2.75) is 0 Å². The number of rotatable bonds is 6. The van der Waals surface area contributed by atoms with Crippen molar-refractivity contribution in [2.24, 2.45) is 0 Å². The van der Waals surface area contributed by atoms with Crippen LogP contribution in [0.3, 0.4) is 0 Å². The fourth-order valence-corrected chi connectivity index (χ4v) is 11.2. The van der Waals surface area contributed by atoms with Gasteiger partial charge in [0.15, 0.2) is 0 Å². The molecule has 0 saturated heterocycles.